The standard InChI is InChI=1S/C27H28ClN7O3/c1-15-11-18(16(2)30-19-5-6-22(28)32-25(19)27(37)38)24-20(12-15)31-21(14-29)26(33-24)35-9-7-34(8-10-35)23(36)13-17-3-4-17/h5-6,11-12,16-17,30H,3-4,7-10,13H2,1-2H3,(H,37,38)/t16-/m1/s1. The molecular formula is C27H28ClN7O3. The molecule has 2 aromatic heterocycles. The van der Waals surface area contributed by atoms with E-state index in [0.717, 1.165) is 24.0 Å². The first-order chi connectivity index (χ1) is 18.2. The van der Waals surface area contributed by atoms with Gasteiger partial charge in [-0.05, 0) is 56.4 Å². The number of rotatable bonds is 7. The normalized spacial score (nSPS) is 16.3. The molecule has 0 bridgehead atoms. The maximum atomic E-state index is 12.5. The Labute approximate surface area is 225 Å². The Morgan fingerprint density at radius 2 is 1.92 bits per heavy atom. The van der Waals surface area contributed by atoms with Gasteiger partial charge in [0, 0.05) is 38.2 Å². The molecule has 1 aliphatic heterocycles. The van der Waals surface area contributed by atoms with Crippen molar-refractivity contribution in [3.05, 3.63) is 51.9 Å². The molecule has 5 rings (SSSR count). The predicted octanol–water partition coefficient (Wildman–Crippen LogP) is 4.18. The Bertz CT molecular complexity index is 1460. The second-order valence-electron chi connectivity index (χ2n) is 9.95. The molecule has 3 aromatic rings. The SMILES string of the molecule is Cc1cc([C@@H](C)Nc2ccc(Cl)nc2C(=O)O)c2nc(N3CCN(C(=O)CC4CC4)CC3)c(C#N)nc2c1. The number of anilines is 2. The lowest BCUT2D eigenvalue weighted by atomic mass is 10.0. The highest BCUT2D eigenvalue weighted by Crippen LogP contribution is 2.34. The van der Waals surface area contributed by atoms with Gasteiger partial charge in [0.15, 0.2) is 17.2 Å². The number of pyridine rings is 1. The Hall–Kier alpha value is -3.97. The molecule has 1 saturated heterocycles. The Morgan fingerprint density at radius 3 is 2.58 bits per heavy atom. The maximum Gasteiger partial charge on any atom is 0.356 e. The lowest BCUT2D eigenvalue weighted by molar-refractivity contribution is -0.131. The minimum absolute atomic E-state index is 0.0930. The number of amides is 1. The Kier molecular flexibility index (Phi) is 7.04. The van der Waals surface area contributed by atoms with Crippen molar-refractivity contribution < 1.29 is 14.7 Å². The third-order valence-corrected chi connectivity index (χ3v) is 7.24. The number of nitriles is 1. The molecule has 10 nitrogen and oxygen atoms in total. The fourth-order valence-corrected chi connectivity index (χ4v) is 4.99. The van der Waals surface area contributed by atoms with Crippen molar-refractivity contribution in [2.24, 2.45) is 5.92 Å². The molecule has 1 aliphatic carbocycles. The van der Waals surface area contributed by atoms with Gasteiger partial charge in [-0.25, -0.2) is 19.7 Å². The number of carbonyl (C=O) groups excluding carboxylic acids is 1. The van der Waals surface area contributed by atoms with Gasteiger partial charge in [-0.15, -0.1) is 0 Å². The van der Waals surface area contributed by atoms with Crippen LogP contribution in [0.15, 0.2) is 24.3 Å². The minimum atomic E-state index is -1.19. The average molecular weight is 534 g/mol. The number of aromatic nitrogens is 3. The summed E-state index contributed by atoms with van der Waals surface area (Å²) in [5, 5.41) is 22.8. The monoisotopic (exact) mass is 533 g/mol. The van der Waals surface area contributed by atoms with Crippen LogP contribution in [-0.2, 0) is 4.79 Å². The largest absolute Gasteiger partial charge is 0.476 e. The molecule has 2 fully saturated rings. The number of nitrogens with zero attached hydrogens (tertiary/aromatic N) is 6. The van der Waals surface area contributed by atoms with E-state index in [9.17, 15) is 20.0 Å². The van der Waals surface area contributed by atoms with Crippen LogP contribution in [0.1, 0.15) is 59.5 Å². The number of carbonyl (C=O) groups is 2. The number of benzene rings is 1. The number of hydrogen-bond donors (Lipinski definition) is 2. The van der Waals surface area contributed by atoms with E-state index in [-0.39, 0.29) is 28.5 Å². The summed E-state index contributed by atoms with van der Waals surface area (Å²) in [7, 11) is 0. The zero-order valence-electron chi connectivity index (χ0n) is 21.2. The molecule has 0 radical (unpaired) electrons. The van der Waals surface area contributed by atoms with Gasteiger partial charge in [-0.1, -0.05) is 17.7 Å². The van der Waals surface area contributed by atoms with Gasteiger partial charge in [0.1, 0.15) is 11.2 Å². The van der Waals surface area contributed by atoms with Crippen LogP contribution in [-0.4, -0.2) is 63.0 Å². The van der Waals surface area contributed by atoms with Gasteiger partial charge in [0.05, 0.1) is 22.8 Å². The van der Waals surface area contributed by atoms with E-state index in [4.69, 9.17) is 16.6 Å². The summed E-state index contributed by atoms with van der Waals surface area (Å²) in [6, 6.07) is 8.80. The number of piperazine rings is 1. The van der Waals surface area contributed by atoms with Crippen molar-refractivity contribution in [1.29, 1.82) is 5.26 Å². The summed E-state index contributed by atoms with van der Waals surface area (Å²) in [6.45, 7) is 6.13. The molecule has 1 aromatic carbocycles. The highest BCUT2D eigenvalue weighted by atomic mass is 35.5. The van der Waals surface area contributed by atoms with Gasteiger partial charge in [-0.3, -0.25) is 4.79 Å². The summed E-state index contributed by atoms with van der Waals surface area (Å²) >= 11 is 5.91. The number of aromatic carboxylic acids is 1. The number of aryl methyl sites for hydroxylation is 1. The second-order valence-corrected chi connectivity index (χ2v) is 10.3. The molecule has 11 heteroatoms. The number of nitrogens with one attached hydrogen (secondary N) is 1. The van der Waals surface area contributed by atoms with Crippen molar-refractivity contribution in [2.45, 2.75) is 39.2 Å². The van der Waals surface area contributed by atoms with Crippen LogP contribution >= 0.6 is 11.6 Å². The molecule has 2 aliphatic rings. The van der Waals surface area contributed by atoms with Crippen LogP contribution in [0.5, 0.6) is 0 Å². The number of hydrogen-bond acceptors (Lipinski definition) is 8. The molecule has 38 heavy (non-hydrogen) atoms. The van der Waals surface area contributed by atoms with E-state index in [0.29, 0.717) is 61.1 Å². The lowest BCUT2D eigenvalue weighted by Gasteiger charge is -2.35. The smallest absolute Gasteiger partial charge is 0.356 e. The van der Waals surface area contributed by atoms with Gasteiger partial charge >= 0.3 is 5.97 Å². The molecule has 1 amide bonds. The van der Waals surface area contributed by atoms with E-state index in [1.165, 1.54) is 6.07 Å². The quantitative estimate of drug-likeness (QED) is 0.428. The number of carboxylic acids is 1. The highest BCUT2D eigenvalue weighted by Gasteiger charge is 2.30. The van der Waals surface area contributed by atoms with E-state index >= 15 is 0 Å². The Morgan fingerprint density at radius 1 is 1.18 bits per heavy atom. The van der Waals surface area contributed by atoms with Crippen molar-refractivity contribution in [3.63, 3.8) is 0 Å². The maximum absolute atomic E-state index is 12.5. The summed E-state index contributed by atoms with van der Waals surface area (Å²) in [4.78, 5) is 41.7. The summed E-state index contributed by atoms with van der Waals surface area (Å²) < 4.78 is 0. The zero-order valence-corrected chi connectivity index (χ0v) is 22.0. The molecule has 196 valence electrons. The van der Waals surface area contributed by atoms with Crippen LogP contribution < -0.4 is 10.2 Å². The molecule has 2 N–H and O–H groups in total. The van der Waals surface area contributed by atoms with Crippen molar-refractivity contribution in [3.8, 4) is 6.07 Å². The summed E-state index contributed by atoms with van der Waals surface area (Å²) in [6.07, 6.45) is 2.91. The van der Waals surface area contributed by atoms with Gasteiger partial charge in [0.2, 0.25) is 5.91 Å². The first kappa shape index (κ1) is 25.7. The van der Waals surface area contributed by atoms with Gasteiger partial charge in [0.25, 0.3) is 0 Å². The van der Waals surface area contributed by atoms with Crippen LogP contribution in [0.4, 0.5) is 11.5 Å². The fraction of sp³-hybridized carbons (Fsp3) is 0.407. The zero-order chi connectivity index (χ0) is 27.0. The average Bonchev–Trinajstić information content (AvgIpc) is 3.72. The molecule has 1 saturated carbocycles. The number of carboxylic acid groups (broad SMARTS) is 1. The van der Waals surface area contributed by atoms with Crippen molar-refractivity contribution >= 4 is 46.0 Å². The van der Waals surface area contributed by atoms with E-state index in [2.05, 4.69) is 21.4 Å². The fourth-order valence-electron chi connectivity index (χ4n) is 4.84. The topological polar surface area (TPSA) is 135 Å². The predicted molar refractivity (Wildman–Crippen MR) is 143 cm³/mol. The van der Waals surface area contributed by atoms with E-state index in [1.807, 2.05) is 35.8 Å². The Balaban J connectivity index is 1.45. The number of halogens is 1. The highest BCUT2D eigenvalue weighted by molar-refractivity contribution is 6.29. The van der Waals surface area contributed by atoms with Crippen LogP contribution in [0.25, 0.3) is 11.0 Å². The third-order valence-electron chi connectivity index (χ3n) is 7.03. The summed E-state index contributed by atoms with van der Waals surface area (Å²) in [5.74, 6) is 0.0508. The first-order valence-electron chi connectivity index (χ1n) is 12.6. The van der Waals surface area contributed by atoms with E-state index < -0.39 is 5.97 Å². The van der Waals surface area contributed by atoms with E-state index in [1.54, 1.807) is 6.07 Å². The van der Waals surface area contributed by atoms with Crippen molar-refractivity contribution in [2.75, 3.05) is 36.4 Å². The second kappa shape index (κ2) is 10.4. The summed E-state index contributed by atoms with van der Waals surface area (Å²) in [5.41, 5.74) is 3.34. The third kappa shape index (κ3) is 5.34. The lowest BCUT2D eigenvalue weighted by Crippen LogP contribution is -2.49. The van der Waals surface area contributed by atoms with Gasteiger partial charge in [-0.2, -0.15) is 5.26 Å². The van der Waals surface area contributed by atoms with Gasteiger partial charge < -0.3 is 20.2 Å². The molecular weight excluding hydrogens is 506 g/mol. The van der Waals surface area contributed by atoms with Crippen molar-refractivity contribution in [1.82, 2.24) is 19.9 Å². The first-order valence-corrected chi connectivity index (χ1v) is 13.0. The molecule has 3 heterocycles. The van der Waals surface area contributed by atoms with Crippen LogP contribution in [0.2, 0.25) is 5.15 Å². The number of fused-ring (bicyclic) bond motifs is 1. The van der Waals surface area contributed by atoms with Crippen LogP contribution in [0.3, 0.4) is 0 Å². The molecule has 1 atom stereocenters. The van der Waals surface area contributed by atoms with Crippen LogP contribution in [0, 0.1) is 24.2 Å². The minimum Gasteiger partial charge on any atom is -0.476 e. The molecule has 0 spiro atoms. The molecule has 0 unspecified atom stereocenters.